The molecule has 168 valence electrons. The molecule has 0 radical (unpaired) electrons. The highest BCUT2D eigenvalue weighted by atomic mass is 16.5. The number of rotatable bonds is 3. The van der Waals surface area contributed by atoms with Gasteiger partial charge < -0.3 is 9.47 Å². The molecule has 0 N–H and O–H groups in total. The fourth-order valence-corrected chi connectivity index (χ4v) is 5.44. The van der Waals surface area contributed by atoms with E-state index in [-0.39, 0.29) is 11.1 Å². The van der Waals surface area contributed by atoms with Crippen molar-refractivity contribution in [1.82, 2.24) is 0 Å². The summed E-state index contributed by atoms with van der Waals surface area (Å²) < 4.78 is 11.5. The molecule has 0 aromatic heterocycles. The second kappa shape index (κ2) is 7.20. The highest BCUT2D eigenvalue weighted by molar-refractivity contribution is 6.37. The Morgan fingerprint density at radius 2 is 1.35 bits per heavy atom. The van der Waals surface area contributed by atoms with Crippen LogP contribution in [0.5, 0.6) is 5.75 Å². The number of hydrogen-bond donors (Lipinski definition) is 0. The first-order valence-electron chi connectivity index (χ1n) is 10.9. The first-order chi connectivity index (χ1) is 16.5. The molecule has 6 rings (SSSR count). The molecule has 3 aromatic rings. The number of carbonyl (C=O) groups is 4. The number of Topliss-reactive ketones (excluding diaryl/α,β-unsaturated/α-hetero) is 2. The standard InChI is InChI=1S/C27H19NO6/c1-33-17-13-11-15(12-14-17)22-20-21(26(32)28(25(20)31)16-7-3-2-4-8-16)27(34-22)23(29)18-9-5-6-10-19(18)24(27)30/h2-14,20-22H,1H3/t20-,21+,22-/m1/s1. The molecule has 0 bridgehead atoms. The third kappa shape index (κ3) is 2.50. The van der Waals surface area contributed by atoms with Gasteiger partial charge in [0, 0.05) is 11.1 Å². The number of fused-ring (bicyclic) bond motifs is 3. The molecule has 7 nitrogen and oxygen atoms in total. The predicted molar refractivity (Wildman–Crippen MR) is 121 cm³/mol. The minimum absolute atomic E-state index is 0.208. The molecule has 0 unspecified atom stereocenters. The number of ketones is 2. The maximum Gasteiger partial charge on any atom is 0.241 e. The Labute approximate surface area is 194 Å². The lowest BCUT2D eigenvalue weighted by molar-refractivity contribution is -0.127. The van der Waals surface area contributed by atoms with Crippen LogP contribution in [0.25, 0.3) is 0 Å². The lowest BCUT2D eigenvalue weighted by Crippen LogP contribution is -2.51. The number of benzene rings is 3. The zero-order valence-electron chi connectivity index (χ0n) is 18.1. The maximum absolute atomic E-state index is 13.8. The van der Waals surface area contributed by atoms with Crippen LogP contribution in [0.3, 0.4) is 0 Å². The van der Waals surface area contributed by atoms with Crippen LogP contribution in [-0.4, -0.2) is 36.1 Å². The molecule has 2 saturated heterocycles. The molecule has 2 amide bonds. The van der Waals surface area contributed by atoms with Gasteiger partial charge in [-0.15, -0.1) is 0 Å². The lowest BCUT2D eigenvalue weighted by Gasteiger charge is -2.27. The van der Waals surface area contributed by atoms with E-state index in [9.17, 15) is 19.2 Å². The summed E-state index contributed by atoms with van der Waals surface area (Å²) in [5.74, 6) is -3.93. The number of para-hydroxylation sites is 1. The third-order valence-corrected chi connectivity index (χ3v) is 6.98. The summed E-state index contributed by atoms with van der Waals surface area (Å²) >= 11 is 0. The van der Waals surface area contributed by atoms with Crippen LogP contribution in [0.15, 0.2) is 78.9 Å². The van der Waals surface area contributed by atoms with Crippen molar-refractivity contribution < 1.29 is 28.7 Å². The van der Waals surface area contributed by atoms with E-state index in [1.807, 2.05) is 0 Å². The summed E-state index contributed by atoms with van der Waals surface area (Å²) in [6.07, 6.45) is -0.955. The molecule has 34 heavy (non-hydrogen) atoms. The Hall–Kier alpha value is -4.10. The van der Waals surface area contributed by atoms with Gasteiger partial charge >= 0.3 is 0 Å². The summed E-state index contributed by atoms with van der Waals surface area (Å²) in [4.78, 5) is 56.0. The highest BCUT2D eigenvalue weighted by Crippen LogP contribution is 2.57. The van der Waals surface area contributed by atoms with E-state index in [1.54, 1.807) is 78.9 Å². The van der Waals surface area contributed by atoms with Gasteiger partial charge in [-0.2, -0.15) is 0 Å². The zero-order valence-corrected chi connectivity index (χ0v) is 18.1. The minimum atomic E-state index is -2.07. The summed E-state index contributed by atoms with van der Waals surface area (Å²) in [7, 11) is 1.54. The molecule has 0 saturated carbocycles. The van der Waals surface area contributed by atoms with Crippen molar-refractivity contribution in [2.24, 2.45) is 11.8 Å². The molecule has 7 heteroatoms. The van der Waals surface area contributed by atoms with Crippen molar-refractivity contribution >= 4 is 29.1 Å². The topological polar surface area (TPSA) is 90.0 Å². The fraction of sp³-hybridized carbons (Fsp3) is 0.185. The second-order valence-electron chi connectivity index (χ2n) is 8.60. The van der Waals surface area contributed by atoms with Crippen LogP contribution in [0.4, 0.5) is 5.69 Å². The van der Waals surface area contributed by atoms with Crippen LogP contribution >= 0.6 is 0 Å². The van der Waals surface area contributed by atoms with E-state index in [1.165, 1.54) is 7.11 Å². The molecule has 1 spiro atoms. The minimum Gasteiger partial charge on any atom is -0.497 e. The quantitative estimate of drug-likeness (QED) is 0.446. The average Bonchev–Trinajstić information content (AvgIpc) is 3.44. The van der Waals surface area contributed by atoms with E-state index in [0.29, 0.717) is 17.0 Å². The molecular weight excluding hydrogens is 434 g/mol. The van der Waals surface area contributed by atoms with Gasteiger partial charge in [0.1, 0.15) is 5.75 Å². The van der Waals surface area contributed by atoms with Gasteiger partial charge in [0.05, 0.1) is 30.7 Å². The van der Waals surface area contributed by atoms with Gasteiger partial charge in [-0.25, -0.2) is 4.90 Å². The number of carbonyl (C=O) groups excluding carboxylic acids is 4. The van der Waals surface area contributed by atoms with Crippen molar-refractivity contribution in [3.63, 3.8) is 0 Å². The highest BCUT2D eigenvalue weighted by Gasteiger charge is 2.74. The first kappa shape index (κ1) is 20.5. The van der Waals surface area contributed by atoms with Crippen molar-refractivity contribution in [1.29, 1.82) is 0 Å². The molecule has 3 atom stereocenters. The Kier molecular flexibility index (Phi) is 4.34. The van der Waals surface area contributed by atoms with Crippen LogP contribution in [0, 0.1) is 11.8 Å². The van der Waals surface area contributed by atoms with E-state index < -0.39 is 46.9 Å². The largest absolute Gasteiger partial charge is 0.497 e. The van der Waals surface area contributed by atoms with Gasteiger partial charge in [-0.05, 0) is 29.8 Å². The monoisotopic (exact) mass is 453 g/mol. The molecular formula is C27H19NO6. The smallest absolute Gasteiger partial charge is 0.241 e. The Morgan fingerprint density at radius 1 is 0.765 bits per heavy atom. The van der Waals surface area contributed by atoms with Gasteiger partial charge in [0.15, 0.2) is 0 Å². The third-order valence-electron chi connectivity index (χ3n) is 6.98. The number of amides is 2. The molecule has 2 fully saturated rings. The van der Waals surface area contributed by atoms with Crippen molar-refractivity contribution in [2.45, 2.75) is 11.7 Å². The maximum atomic E-state index is 13.8. The molecule has 2 heterocycles. The SMILES string of the molecule is COc1ccc([C@H]2OC3(C(=O)c4ccccc4C3=O)[C@@H]3C(=O)N(c4ccccc4)C(=O)[C@@H]23)cc1. The normalized spacial score (nSPS) is 24.6. The molecule has 2 aliphatic heterocycles. The number of ether oxygens (including phenoxy) is 2. The average molecular weight is 453 g/mol. The van der Waals surface area contributed by atoms with Crippen LogP contribution < -0.4 is 9.64 Å². The van der Waals surface area contributed by atoms with Crippen molar-refractivity contribution in [2.75, 3.05) is 12.0 Å². The van der Waals surface area contributed by atoms with Crippen molar-refractivity contribution in [3.05, 3.63) is 95.6 Å². The number of hydrogen-bond acceptors (Lipinski definition) is 6. The van der Waals surface area contributed by atoms with Gasteiger partial charge in [0.25, 0.3) is 0 Å². The number of nitrogens with zero attached hydrogens (tertiary/aromatic N) is 1. The fourth-order valence-electron chi connectivity index (χ4n) is 5.44. The molecule has 1 aliphatic carbocycles. The van der Waals surface area contributed by atoms with Gasteiger partial charge in [0.2, 0.25) is 29.0 Å². The van der Waals surface area contributed by atoms with Crippen molar-refractivity contribution in [3.8, 4) is 5.75 Å². The zero-order chi connectivity index (χ0) is 23.6. The van der Waals surface area contributed by atoms with E-state index >= 15 is 0 Å². The second-order valence-corrected chi connectivity index (χ2v) is 8.60. The van der Waals surface area contributed by atoms with Gasteiger partial charge in [-0.3, -0.25) is 19.2 Å². The number of methoxy groups -OCH3 is 1. The first-order valence-corrected chi connectivity index (χ1v) is 10.9. The van der Waals surface area contributed by atoms with Crippen LogP contribution in [0.1, 0.15) is 32.4 Å². The lowest BCUT2D eigenvalue weighted by atomic mass is 9.77. The van der Waals surface area contributed by atoms with E-state index in [4.69, 9.17) is 9.47 Å². The van der Waals surface area contributed by atoms with Crippen LogP contribution in [-0.2, 0) is 14.3 Å². The number of anilines is 1. The predicted octanol–water partition coefficient (Wildman–Crippen LogP) is 3.39. The Balaban J connectivity index is 1.53. The summed E-state index contributed by atoms with van der Waals surface area (Å²) in [5, 5.41) is 0. The summed E-state index contributed by atoms with van der Waals surface area (Å²) in [6.45, 7) is 0. The van der Waals surface area contributed by atoms with E-state index in [0.717, 1.165) is 4.90 Å². The molecule has 3 aromatic carbocycles. The molecule has 3 aliphatic rings. The van der Waals surface area contributed by atoms with Crippen LogP contribution in [0.2, 0.25) is 0 Å². The Morgan fingerprint density at radius 3 is 1.94 bits per heavy atom. The Bertz CT molecular complexity index is 1330. The van der Waals surface area contributed by atoms with Gasteiger partial charge in [-0.1, -0.05) is 54.6 Å². The number of imide groups is 1. The summed E-state index contributed by atoms with van der Waals surface area (Å²) in [5.41, 5.74) is -0.679. The van der Waals surface area contributed by atoms with E-state index in [2.05, 4.69) is 0 Å². The summed E-state index contributed by atoms with van der Waals surface area (Å²) in [6, 6.07) is 21.8.